The molecule has 0 N–H and O–H groups in total. The van der Waals surface area contributed by atoms with E-state index in [0.717, 1.165) is 25.7 Å². The summed E-state index contributed by atoms with van der Waals surface area (Å²) in [6, 6.07) is 0. The van der Waals surface area contributed by atoms with E-state index >= 15 is 0 Å². The summed E-state index contributed by atoms with van der Waals surface area (Å²) < 4.78 is 0. The zero-order chi connectivity index (χ0) is 10.2. The molecule has 0 heteroatoms. The van der Waals surface area contributed by atoms with Gasteiger partial charge in [0.05, 0.1) is 0 Å². The summed E-state index contributed by atoms with van der Waals surface area (Å²) >= 11 is 0. The van der Waals surface area contributed by atoms with Crippen molar-refractivity contribution in [3.05, 3.63) is 49.6 Å². The maximum atomic E-state index is 3.78. The molecule has 0 nitrogen and oxygen atoms in total. The number of rotatable bonds is 4. The van der Waals surface area contributed by atoms with Crippen molar-refractivity contribution in [2.75, 3.05) is 0 Å². The molecular weight excluding hydrogens is 168 g/mol. The first-order valence-electron chi connectivity index (χ1n) is 5.42. The third kappa shape index (κ3) is 3.78. The van der Waals surface area contributed by atoms with Crippen LogP contribution in [0.4, 0.5) is 0 Å². The monoisotopic (exact) mass is 188 g/mol. The van der Waals surface area contributed by atoms with Gasteiger partial charge in [0.1, 0.15) is 0 Å². The van der Waals surface area contributed by atoms with Gasteiger partial charge in [-0.1, -0.05) is 36.5 Å². The Hall–Kier alpha value is -1.04. The second kappa shape index (κ2) is 6.42. The maximum Gasteiger partial charge on any atom is -0.0164 e. The van der Waals surface area contributed by atoms with Crippen molar-refractivity contribution >= 4 is 0 Å². The summed E-state index contributed by atoms with van der Waals surface area (Å²) in [5.74, 6) is 1.32. The molecule has 0 aliphatic heterocycles. The average molecular weight is 188 g/mol. The minimum atomic E-state index is 0.661. The van der Waals surface area contributed by atoms with Crippen molar-refractivity contribution in [3.8, 4) is 0 Å². The lowest BCUT2D eigenvalue weighted by Gasteiger charge is -2.13. The van der Waals surface area contributed by atoms with Crippen LogP contribution in [0, 0.1) is 11.8 Å². The van der Waals surface area contributed by atoms with E-state index in [1.165, 1.54) is 0 Å². The zero-order valence-electron chi connectivity index (χ0n) is 8.86. The maximum absolute atomic E-state index is 3.78. The molecule has 2 atom stereocenters. The summed E-state index contributed by atoms with van der Waals surface area (Å²) in [6.45, 7) is 7.56. The Morgan fingerprint density at radius 2 is 1.36 bits per heavy atom. The highest BCUT2D eigenvalue weighted by molar-refractivity contribution is 5.04. The van der Waals surface area contributed by atoms with Gasteiger partial charge >= 0.3 is 0 Å². The first-order chi connectivity index (χ1) is 6.86. The summed E-state index contributed by atoms with van der Waals surface area (Å²) in [6.07, 6.45) is 17.8. The quantitative estimate of drug-likeness (QED) is 0.578. The molecular formula is C14H20. The van der Waals surface area contributed by atoms with E-state index in [1.54, 1.807) is 0 Å². The Balaban J connectivity index is 2.47. The molecule has 0 saturated heterocycles. The fourth-order valence-electron chi connectivity index (χ4n) is 1.83. The van der Waals surface area contributed by atoms with E-state index in [1.807, 2.05) is 12.2 Å². The number of allylic oxidation sites excluding steroid dienone is 6. The number of hydrogen-bond acceptors (Lipinski definition) is 0. The first kappa shape index (κ1) is 11.0. The molecule has 1 rings (SSSR count). The SMILES string of the molecule is C=CCC1C=CCC(CC=C)C=CC1. The van der Waals surface area contributed by atoms with Crippen molar-refractivity contribution in [1.82, 2.24) is 0 Å². The summed E-state index contributed by atoms with van der Waals surface area (Å²) in [7, 11) is 0. The predicted octanol–water partition coefficient (Wildman–Crippen LogP) is 4.28. The topological polar surface area (TPSA) is 0 Å². The van der Waals surface area contributed by atoms with E-state index in [2.05, 4.69) is 37.5 Å². The van der Waals surface area contributed by atoms with Crippen molar-refractivity contribution in [1.29, 1.82) is 0 Å². The van der Waals surface area contributed by atoms with E-state index in [4.69, 9.17) is 0 Å². The molecule has 0 aromatic carbocycles. The van der Waals surface area contributed by atoms with Gasteiger partial charge in [-0.15, -0.1) is 13.2 Å². The summed E-state index contributed by atoms with van der Waals surface area (Å²) in [5.41, 5.74) is 0. The van der Waals surface area contributed by atoms with E-state index < -0.39 is 0 Å². The molecule has 2 unspecified atom stereocenters. The molecule has 76 valence electrons. The molecule has 0 bridgehead atoms. The Kier molecular flexibility index (Phi) is 5.06. The second-order valence-electron chi connectivity index (χ2n) is 3.90. The van der Waals surface area contributed by atoms with Crippen molar-refractivity contribution in [2.45, 2.75) is 25.7 Å². The highest BCUT2D eigenvalue weighted by atomic mass is 14.1. The smallest absolute Gasteiger partial charge is 0.0164 e. The lowest BCUT2D eigenvalue weighted by Crippen LogP contribution is -1.99. The normalized spacial score (nSPS) is 26.6. The molecule has 0 spiro atoms. The van der Waals surface area contributed by atoms with Crippen LogP contribution in [-0.2, 0) is 0 Å². The van der Waals surface area contributed by atoms with Gasteiger partial charge in [0.25, 0.3) is 0 Å². The summed E-state index contributed by atoms with van der Waals surface area (Å²) in [5, 5.41) is 0. The van der Waals surface area contributed by atoms with Gasteiger partial charge in [0.2, 0.25) is 0 Å². The molecule has 0 radical (unpaired) electrons. The Bertz CT molecular complexity index is 206. The molecule has 0 saturated carbocycles. The second-order valence-corrected chi connectivity index (χ2v) is 3.90. The van der Waals surface area contributed by atoms with Gasteiger partial charge in [-0.2, -0.15) is 0 Å². The Morgan fingerprint density at radius 1 is 0.929 bits per heavy atom. The molecule has 1 aliphatic rings. The van der Waals surface area contributed by atoms with Crippen molar-refractivity contribution in [3.63, 3.8) is 0 Å². The van der Waals surface area contributed by atoms with Gasteiger partial charge in [0.15, 0.2) is 0 Å². The molecule has 0 aromatic rings. The van der Waals surface area contributed by atoms with Crippen LogP contribution in [0.5, 0.6) is 0 Å². The Labute approximate surface area is 87.7 Å². The lowest BCUT2D eigenvalue weighted by molar-refractivity contribution is 0.622. The first-order valence-corrected chi connectivity index (χ1v) is 5.42. The largest absolute Gasteiger partial charge is 0.103 e. The highest BCUT2D eigenvalue weighted by Gasteiger charge is 2.06. The van der Waals surface area contributed by atoms with Crippen LogP contribution < -0.4 is 0 Å². The minimum absolute atomic E-state index is 0.661. The number of hydrogen-bond donors (Lipinski definition) is 0. The molecule has 1 aliphatic carbocycles. The van der Waals surface area contributed by atoms with E-state index in [9.17, 15) is 0 Å². The van der Waals surface area contributed by atoms with Gasteiger partial charge in [0, 0.05) is 0 Å². The zero-order valence-corrected chi connectivity index (χ0v) is 8.86. The molecule has 0 fully saturated rings. The average Bonchev–Trinajstić information content (AvgIpc) is 2.13. The fraction of sp³-hybridized carbons (Fsp3) is 0.429. The summed E-state index contributed by atoms with van der Waals surface area (Å²) in [4.78, 5) is 0. The van der Waals surface area contributed by atoms with E-state index in [0.29, 0.717) is 11.8 Å². The van der Waals surface area contributed by atoms with Crippen LogP contribution in [0.3, 0.4) is 0 Å². The Morgan fingerprint density at radius 3 is 1.71 bits per heavy atom. The van der Waals surface area contributed by atoms with Crippen molar-refractivity contribution < 1.29 is 0 Å². The highest BCUT2D eigenvalue weighted by Crippen LogP contribution is 2.20. The van der Waals surface area contributed by atoms with Crippen LogP contribution >= 0.6 is 0 Å². The van der Waals surface area contributed by atoms with Crippen molar-refractivity contribution in [2.24, 2.45) is 11.8 Å². The van der Waals surface area contributed by atoms with Gasteiger partial charge in [-0.05, 0) is 37.5 Å². The molecule has 0 heterocycles. The van der Waals surface area contributed by atoms with Crippen LogP contribution in [-0.4, -0.2) is 0 Å². The molecule has 14 heavy (non-hydrogen) atoms. The molecule has 0 aromatic heterocycles. The van der Waals surface area contributed by atoms with Gasteiger partial charge in [-0.25, -0.2) is 0 Å². The third-order valence-corrected chi connectivity index (χ3v) is 2.63. The fourth-order valence-corrected chi connectivity index (χ4v) is 1.83. The van der Waals surface area contributed by atoms with Crippen LogP contribution in [0.2, 0.25) is 0 Å². The van der Waals surface area contributed by atoms with Crippen LogP contribution in [0.1, 0.15) is 25.7 Å². The van der Waals surface area contributed by atoms with Gasteiger partial charge < -0.3 is 0 Å². The standard InChI is InChI=1S/C14H20/c1-3-7-13-9-5-11-14(8-4-2)12-6-10-13/h3-6,9,12-14H,1-2,7-8,10-11H2. The van der Waals surface area contributed by atoms with Gasteiger partial charge in [-0.3, -0.25) is 0 Å². The van der Waals surface area contributed by atoms with Crippen LogP contribution in [0.15, 0.2) is 49.6 Å². The van der Waals surface area contributed by atoms with E-state index in [-0.39, 0.29) is 0 Å². The molecule has 0 amide bonds. The minimum Gasteiger partial charge on any atom is -0.103 e. The van der Waals surface area contributed by atoms with Crippen LogP contribution in [0.25, 0.3) is 0 Å². The predicted molar refractivity (Wildman–Crippen MR) is 64.1 cm³/mol. The third-order valence-electron chi connectivity index (χ3n) is 2.63. The lowest BCUT2D eigenvalue weighted by atomic mass is 9.92.